The molecule has 3 nitrogen and oxygen atoms in total. The Bertz CT molecular complexity index is 132. The molecule has 1 aliphatic rings. The van der Waals surface area contributed by atoms with Crippen molar-refractivity contribution in [1.82, 2.24) is 4.90 Å². The second kappa shape index (κ2) is 3.10. The third kappa shape index (κ3) is 1.77. The molecule has 0 aromatic heterocycles. The number of alkyl halides is 1. The van der Waals surface area contributed by atoms with E-state index in [1.165, 1.54) is 4.90 Å². The van der Waals surface area contributed by atoms with Gasteiger partial charge < -0.3 is 10.0 Å². The quantitative estimate of drug-likeness (QED) is 0.548. The van der Waals surface area contributed by atoms with Crippen molar-refractivity contribution < 1.29 is 9.90 Å². The van der Waals surface area contributed by atoms with E-state index >= 15 is 0 Å². The summed E-state index contributed by atoms with van der Waals surface area (Å²) in [6.07, 6.45) is 0.741. The van der Waals surface area contributed by atoms with Gasteiger partial charge >= 0.3 is 6.09 Å². The van der Waals surface area contributed by atoms with Gasteiger partial charge in [0.15, 0.2) is 0 Å². The number of hydrogen-bond donors (Lipinski definition) is 1. The van der Waals surface area contributed by atoms with Gasteiger partial charge in [0.1, 0.15) is 0 Å². The largest absolute Gasteiger partial charge is 0.465 e. The van der Waals surface area contributed by atoms with E-state index in [1.54, 1.807) is 0 Å². The summed E-state index contributed by atoms with van der Waals surface area (Å²) >= 11 is 5.77. The fraction of sp³-hybridized carbons (Fsp3) is 0.833. The molecule has 1 aliphatic heterocycles. The first-order valence-corrected chi connectivity index (χ1v) is 3.75. The van der Waals surface area contributed by atoms with E-state index in [-0.39, 0.29) is 5.38 Å². The molecule has 0 bridgehead atoms. The molecule has 0 radical (unpaired) electrons. The molecule has 0 atom stereocenters. The Morgan fingerprint density at radius 1 is 1.50 bits per heavy atom. The van der Waals surface area contributed by atoms with Crippen molar-refractivity contribution in [2.45, 2.75) is 18.2 Å². The summed E-state index contributed by atoms with van der Waals surface area (Å²) < 4.78 is 0. The van der Waals surface area contributed by atoms with E-state index in [9.17, 15) is 4.79 Å². The molecule has 1 N–H and O–H groups in total. The molecule has 1 rings (SSSR count). The van der Waals surface area contributed by atoms with Crippen LogP contribution in [0.3, 0.4) is 0 Å². The van der Waals surface area contributed by atoms with Crippen LogP contribution in [0.4, 0.5) is 4.79 Å². The van der Waals surface area contributed by atoms with Gasteiger partial charge in [0.25, 0.3) is 0 Å². The molecule has 10 heavy (non-hydrogen) atoms. The lowest BCUT2D eigenvalue weighted by Crippen LogP contribution is -2.37. The molecular formula is C6H10ClNO2. The third-order valence-corrected chi connectivity index (χ3v) is 2.13. The second-order valence-corrected chi connectivity index (χ2v) is 3.06. The van der Waals surface area contributed by atoms with Crippen molar-refractivity contribution in [1.29, 1.82) is 0 Å². The molecule has 0 saturated carbocycles. The van der Waals surface area contributed by atoms with E-state index in [4.69, 9.17) is 16.7 Å². The monoisotopic (exact) mass is 163 g/mol. The number of likely N-dealkylation sites (tertiary alicyclic amines) is 1. The molecule has 1 saturated heterocycles. The molecule has 4 heteroatoms. The molecule has 0 unspecified atom stereocenters. The van der Waals surface area contributed by atoms with Crippen molar-refractivity contribution in [2.24, 2.45) is 0 Å². The lowest BCUT2D eigenvalue weighted by Gasteiger charge is -2.26. The van der Waals surface area contributed by atoms with Gasteiger partial charge in [0, 0.05) is 18.5 Å². The van der Waals surface area contributed by atoms with Gasteiger partial charge in [-0.25, -0.2) is 4.79 Å². The molecular weight excluding hydrogens is 154 g/mol. The zero-order valence-electron chi connectivity index (χ0n) is 5.59. The average Bonchev–Trinajstić information content (AvgIpc) is 1.88. The van der Waals surface area contributed by atoms with E-state index < -0.39 is 6.09 Å². The van der Waals surface area contributed by atoms with Crippen molar-refractivity contribution >= 4 is 17.7 Å². The minimum Gasteiger partial charge on any atom is -0.465 e. The van der Waals surface area contributed by atoms with Gasteiger partial charge in [-0.2, -0.15) is 0 Å². The van der Waals surface area contributed by atoms with Crippen LogP contribution < -0.4 is 0 Å². The summed E-state index contributed by atoms with van der Waals surface area (Å²) in [4.78, 5) is 11.7. The van der Waals surface area contributed by atoms with E-state index in [2.05, 4.69) is 0 Å². The van der Waals surface area contributed by atoms with Gasteiger partial charge in [0.2, 0.25) is 0 Å². The van der Waals surface area contributed by atoms with Crippen LogP contribution in [0.15, 0.2) is 0 Å². The van der Waals surface area contributed by atoms with Gasteiger partial charge in [-0.1, -0.05) is 0 Å². The predicted octanol–water partition coefficient (Wildman–Crippen LogP) is 1.37. The Hall–Kier alpha value is -0.440. The van der Waals surface area contributed by atoms with Crippen molar-refractivity contribution in [2.75, 3.05) is 13.1 Å². The molecule has 58 valence electrons. The fourth-order valence-electron chi connectivity index (χ4n) is 1.04. The highest BCUT2D eigenvalue weighted by atomic mass is 35.5. The zero-order chi connectivity index (χ0) is 7.56. The zero-order valence-corrected chi connectivity index (χ0v) is 6.34. The maximum Gasteiger partial charge on any atom is 0.407 e. The Labute approximate surface area is 64.6 Å². The van der Waals surface area contributed by atoms with Crippen LogP contribution in [-0.2, 0) is 0 Å². The van der Waals surface area contributed by atoms with Crippen LogP contribution in [0.5, 0.6) is 0 Å². The highest BCUT2D eigenvalue weighted by Crippen LogP contribution is 2.14. The highest BCUT2D eigenvalue weighted by Gasteiger charge is 2.19. The molecule has 0 aliphatic carbocycles. The van der Waals surface area contributed by atoms with Crippen LogP contribution >= 0.6 is 11.6 Å². The summed E-state index contributed by atoms with van der Waals surface area (Å²) in [5, 5.41) is 8.68. The number of halogens is 1. The summed E-state index contributed by atoms with van der Waals surface area (Å²) in [5.74, 6) is 0. The number of amides is 1. The number of hydrogen-bond acceptors (Lipinski definition) is 1. The lowest BCUT2D eigenvalue weighted by molar-refractivity contribution is 0.136. The summed E-state index contributed by atoms with van der Waals surface area (Å²) in [6, 6.07) is 0. The van der Waals surface area contributed by atoms with Gasteiger partial charge in [-0.05, 0) is 12.8 Å². The predicted molar refractivity (Wildman–Crippen MR) is 38.5 cm³/mol. The summed E-state index contributed by atoms with van der Waals surface area (Å²) in [6.45, 7) is 1.17. The van der Waals surface area contributed by atoms with Crippen molar-refractivity contribution in [3.63, 3.8) is 0 Å². The Balaban J connectivity index is 2.33. The van der Waals surface area contributed by atoms with Crippen LogP contribution in [0.25, 0.3) is 0 Å². The Kier molecular flexibility index (Phi) is 2.38. The van der Waals surface area contributed by atoms with Gasteiger partial charge in [0.05, 0.1) is 0 Å². The topological polar surface area (TPSA) is 40.5 Å². The standard InChI is InChI=1S/C6H10ClNO2/c7-5-1-3-8(4-2-5)6(9)10/h5H,1-4H2,(H,9,10). The van der Waals surface area contributed by atoms with Crippen LogP contribution in [-0.4, -0.2) is 34.6 Å². The lowest BCUT2D eigenvalue weighted by atomic mass is 10.1. The maximum atomic E-state index is 10.3. The van der Waals surface area contributed by atoms with Crippen LogP contribution in [0.1, 0.15) is 12.8 Å². The highest BCUT2D eigenvalue weighted by molar-refractivity contribution is 6.20. The molecule has 1 amide bonds. The summed E-state index contributed by atoms with van der Waals surface area (Å²) in [7, 11) is 0. The first-order chi connectivity index (χ1) is 4.70. The van der Waals surface area contributed by atoms with Gasteiger partial charge in [-0.15, -0.1) is 11.6 Å². The number of nitrogens with zero attached hydrogens (tertiary/aromatic N) is 1. The van der Waals surface area contributed by atoms with Crippen LogP contribution in [0, 0.1) is 0 Å². The first kappa shape index (κ1) is 7.66. The second-order valence-electron chi connectivity index (χ2n) is 2.44. The summed E-state index contributed by atoms with van der Waals surface area (Å²) in [5.41, 5.74) is 0. The Morgan fingerprint density at radius 3 is 2.40 bits per heavy atom. The SMILES string of the molecule is O=C(O)N1CCC(Cl)CC1. The maximum absolute atomic E-state index is 10.3. The van der Waals surface area contributed by atoms with Crippen LogP contribution in [0.2, 0.25) is 0 Å². The van der Waals surface area contributed by atoms with Crippen molar-refractivity contribution in [3.8, 4) is 0 Å². The molecule has 1 fully saturated rings. The number of piperidine rings is 1. The average molecular weight is 164 g/mol. The third-order valence-electron chi connectivity index (χ3n) is 1.70. The smallest absolute Gasteiger partial charge is 0.407 e. The Morgan fingerprint density at radius 2 is 2.00 bits per heavy atom. The molecule has 1 heterocycles. The molecule has 0 spiro atoms. The van der Waals surface area contributed by atoms with E-state index in [0.29, 0.717) is 13.1 Å². The minimum atomic E-state index is -0.830. The number of carboxylic acid groups (broad SMARTS) is 1. The number of rotatable bonds is 0. The van der Waals surface area contributed by atoms with Crippen molar-refractivity contribution in [3.05, 3.63) is 0 Å². The normalized spacial score (nSPS) is 21.1. The number of carbonyl (C=O) groups is 1. The van der Waals surface area contributed by atoms with E-state index in [0.717, 1.165) is 12.8 Å². The fourth-order valence-corrected chi connectivity index (χ4v) is 1.23. The minimum absolute atomic E-state index is 0.176. The first-order valence-electron chi connectivity index (χ1n) is 3.32. The van der Waals surface area contributed by atoms with E-state index in [1.807, 2.05) is 0 Å². The van der Waals surface area contributed by atoms with Gasteiger partial charge in [-0.3, -0.25) is 0 Å². The molecule has 0 aromatic carbocycles. The molecule has 0 aromatic rings.